The van der Waals surface area contributed by atoms with Gasteiger partial charge < -0.3 is 103 Å². The van der Waals surface area contributed by atoms with Crippen LogP contribution in [0.4, 0.5) is 79.6 Å². The standard InChI is InChI=1S/C21H25ClN2O4.C21H24N2O4.C18H21N3O5.C18H23N3O3.C2H2Cl2O/c1-4-26-19-11-15(24(2)3)5-6-17(19)23-18-12-21-20(27-7-8-28-21)10-14(18)9-16(25)13-22;1-4-25-19-11-15(22(2)3)5-6-17(19)23-13-16(24)9-14-10-20-21(12-18(14)23)27-8-7-26-20;1-4-24-16-9-12(20(2)3)5-6-13(16)19-14-10-17-18(26-8-7-25-17)11-15(14)21(22)23;1-4-22-16-9-12(21(2)3)5-6-14(16)20-15-11-18-17(10-13(15)19)23-7-8-24-18;3-1-2(4)5/h5-6,10-12,23H,4,7-9,13H2,1-3H3;5-6,10-12H,4,7-9,13H2,1-3H3;5-6,9-11,19H,4,7-8H2,1-3H3;5-6,9-11,20H,4,7-8,19H2,1-3H3;1H2. The van der Waals surface area contributed by atoms with Crippen LogP contribution in [0.25, 0.3) is 0 Å². The highest BCUT2D eigenvalue weighted by molar-refractivity contribution is 6.67. The van der Waals surface area contributed by atoms with Crippen molar-refractivity contribution in [1.29, 1.82) is 0 Å². The summed E-state index contributed by atoms with van der Waals surface area (Å²) in [6.45, 7) is 14.1. The van der Waals surface area contributed by atoms with Crippen molar-refractivity contribution in [2.75, 3.05) is 200 Å². The summed E-state index contributed by atoms with van der Waals surface area (Å²) in [4.78, 5) is 55.0. The molecule has 0 aromatic heterocycles. The second kappa shape index (κ2) is 39.8. The summed E-state index contributed by atoms with van der Waals surface area (Å²) in [5.74, 6) is 7.82. The van der Waals surface area contributed by atoms with E-state index in [1.165, 1.54) is 6.07 Å². The highest BCUT2D eigenvalue weighted by atomic mass is 35.5. The molecule has 5 heterocycles. The predicted octanol–water partition coefficient (Wildman–Crippen LogP) is 15.0. The number of hydrogen-bond donors (Lipinski definition) is 4. The maximum absolute atomic E-state index is 12.5. The number of nitrogens with zero attached hydrogens (tertiary/aromatic N) is 6. The number of nitrogen functional groups attached to an aromatic ring is 1. The molecule has 0 amide bonds. The molecule has 13 rings (SSSR count). The number of ether oxygens (including phenoxy) is 12. The number of fused-ring (bicyclic) bond motifs is 5. The minimum Gasteiger partial charge on any atom is -0.492 e. The molecular weight excluding hydrogens is 1480 g/mol. The number of nitrogens with two attached hydrogens (primary N) is 1. The lowest BCUT2D eigenvalue weighted by Gasteiger charge is -2.33. The first-order valence-corrected chi connectivity index (χ1v) is 37.2. The summed E-state index contributed by atoms with van der Waals surface area (Å²) >= 11 is 15.3. The summed E-state index contributed by atoms with van der Waals surface area (Å²) in [6, 6.07) is 37.9. The second-order valence-electron chi connectivity index (χ2n) is 25.6. The van der Waals surface area contributed by atoms with Crippen LogP contribution in [0.1, 0.15) is 38.8 Å². The minimum atomic E-state index is -0.508. The summed E-state index contributed by atoms with van der Waals surface area (Å²) < 4.78 is 68.2. The third-order valence-corrected chi connectivity index (χ3v) is 17.8. The van der Waals surface area contributed by atoms with E-state index in [0.29, 0.717) is 155 Å². The zero-order valence-corrected chi connectivity index (χ0v) is 66.2. The van der Waals surface area contributed by atoms with Crippen molar-refractivity contribution in [1.82, 2.24) is 0 Å². The van der Waals surface area contributed by atoms with Gasteiger partial charge in [-0.15, -0.1) is 23.2 Å². The molecule has 5 aliphatic heterocycles. The van der Waals surface area contributed by atoms with Crippen LogP contribution in [-0.4, -0.2) is 176 Å². The lowest BCUT2D eigenvalue weighted by molar-refractivity contribution is -0.384. The number of nitrogens with one attached hydrogen (secondary N) is 3. The highest BCUT2D eigenvalue weighted by Gasteiger charge is 2.30. The van der Waals surface area contributed by atoms with Gasteiger partial charge in [-0.05, 0) is 111 Å². The summed E-state index contributed by atoms with van der Waals surface area (Å²) in [5.41, 5.74) is 18.5. The van der Waals surface area contributed by atoms with Crippen LogP contribution in [0.3, 0.4) is 0 Å². The van der Waals surface area contributed by atoms with Crippen molar-refractivity contribution in [2.45, 2.75) is 40.5 Å². The smallest absolute Gasteiger partial charge is 0.296 e. The van der Waals surface area contributed by atoms with Crippen molar-refractivity contribution in [3.63, 3.8) is 0 Å². The van der Waals surface area contributed by atoms with Crippen LogP contribution < -0.4 is 103 Å². The molecule has 27 nitrogen and oxygen atoms in total. The van der Waals surface area contributed by atoms with Crippen molar-refractivity contribution in [3.8, 4) is 69.0 Å². The van der Waals surface area contributed by atoms with Gasteiger partial charge in [-0.3, -0.25) is 24.5 Å². The van der Waals surface area contributed by atoms with Gasteiger partial charge in [-0.25, -0.2) is 0 Å². The number of halogens is 3. The van der Waals surface area contributed by atoms with E-state index in [1.807, 2.05) is 212 Å². The molecule has 0 spiro atoms. The molecule has 0 aliphatic carbocycles. The maximum Gasteiger partial charge on any atom is 0.296 e. The molecule has 0 bridgehead atoms. The third kappa shape index (κ3) is 22.1. The predicted molar refractivity (Wildman–Crippen MR) is 435 cm³/mol. The molecule has 0 radical (unpaired) electrons. The number of carbonyl (C=O) groups is 3. The number of anilines is 13. The first-order valence-electron chi connectivity index (χ1n) is 35.7. The number of alkyl halides is 2. The first-order chi connectivity index (χ1) is 52.9. The molecule has 5 aliphatic rings. The summed E-state index contributed by atoms with van der Waals surface area (Å²) in [7, 11) is 15.8. The molecule has 0 saturated heterocycles. The lowest BCUT2D eigenvalue weighted by Crippen LogP contribution is -2.32. The fraction of sp³-hybridized carbons (Fsp3) is 0.362. The third-order valence-electron chi connectivity index (χ3n) is 16.9. The number of nitro benzene ring substituents is 1. The fourth-order valence-electron chi connectivity index (χ4n) is 11.7. The Morgan fingerprint density at radius 1 is 0.464 bits per heavy atom. The van der Waals surface area contributed by atoms with Gasteiger partial charge in [0.2, 0.25) is 5.24 Å². The van der Waals surface area contributed by atoms with Gasteiger partial charge in [-0.1, -0.05) is 0 Å². The van der Waals surface area contributed by atoms with Crippen LogP contribution in [0.15, 0.2) is 121 Å². The van der Waals surface area contributed by atoms with E-state index in [1.54, 1.807) is 12.1 Å². The van der Waals surface area contributed by atoms with E-state index in [9.17, 15) is 24.5 Å². The Bertz CT molecular complexity index is 4530. The number of Topliss-reactive ketones (excluding diaryl/α,β-unsaturated/α-hetero) is 2. The van der Waals surface area contributed by atoms with Gasteiger partial charge in [0.25, 0.3) is 5.69 Å². The molecule has 110 heavy (non-hydrogen) atoms. The molecule has 588 valence electrons. The van der Waals surface area contributed by atoms with Gasteiger partial charge in [0.1, 0.15) is 81.5 Å². The van der Waals surface area contributed by atoms with E-state index in [0.717, 1.165) is 91.0 Å². The molecule has 0 unspecified atom stereocenters. The number of nitro groups is 1. The monoisotopic (exact) mass is 1570 g/mol. The molecule has 0 atom stereocenters. The topological polar surface area (TPSA) is 283 Å². The van der Waals surface area contributed by atoms with Gasteiger partial charge in [0, 0.05) is 158 Å². The van der Waals surface area contributed by atoms with Gasteiger partial charge in [0.05, 0.1) is 89.8 Å². The molecule has 8 aromatic rings. The number of ketones is 2. The van der Waals surface area contributed by atoms with Crippen molar-refractivity contribution in [3.05, 3.63) is 143 Å². The molecule has 0 fully saturated rings. The van der Waals surface area contributed by atoms with E-state index >= 15 is 0 Å². The Hall–Kier alpha value is -11.2. The molecule has 5 N–H and O–H groups in total. The quantitative estimate of drug-likeness (QED) is 0.0144. The van der Waals surface area contributed by atoms with Crippen LogP contribution in [0.2, 0.25) is 0 Å². The molecular formula is C80H95Cl3N10O17. The first kappa shape index (κ1) is 82.9. The molecule has 30 heteroatoms. The fourth-order valence-corrected chi connectivity index (χ4v) is 11.8. The van der Waals surface area contributed by atoms with Crippen LogP contribution in [0.5, 0.6) is 69.0 Å². The van der Waals surface area contributed by atoms with E-state index in [2.05, 4.69) is 16.0 Å². The number of carbonyl (C=O) groups excluding carboxylic acids is 3. The largest absolute Gasteiger partial charge is 0.492 e. The summed E-state index contributed by atoms with van der Waals surface area (Å²) in [6.07, 6.45) is 0.616. The zero-order valence-electron chi connectivity index (χ0n) is 63.9. The van der Waals surface area contributed by atoms with Crippen molar-refractivity contribution >= 4 is 131 Å². The van der Waals surface area contributed by atoms with Crippen LogP contribution in [-0.2, 0) is 27.2 Å². The molecule has 0 saturated carbocycles. The Morgan fingerprint density at radius 2 is 0.818 bits per heavy atom. The van der Waals surface area contributed by atoms with Crippen LogP contribution >= 0.6 is 34.8 Å². The number of hydrogen-bond acceptors (Lipinski definition) is 26. The van der Waals surface area contributed by atoms with E-state index < -0.39 is 10.2 Å². The Labute approximate surface area is 656 Å². The average molecular weight is 1580 g/mol. The van der Waals surface area contributed by atoms with Gasteiger partial charge >= 0.3 is 0 Å². The Balaban J connectivity index is 0.000000165. The SMILES string of the molecule is CCOc1cc(N(C)C)ccc1N1CC(=O)Cc2cc3c(cc21)OCCO3.CCOc1cc(N(C)C)ccc1Nc1cc2c(cc1CC(=O)CCl)OCCO2.CCOc1cc(N(C)C)ccc1Nc1cc2c(cc1N)OCCO2.CCOc1cc(N(C)C)ccc1Nc1cc2c(cc1[N+](=O)[O-])OCCO2.O=C(Cl)CCl. The summed E-state index contributed by atoms with van der Waals surface area (Å²) in [5, 5.41) is 20.8. The maximum atomic E-state index is 12.5. The highest BCUT2D eigenvalue weighted by Crippen LogP contribution is 2.47. The Kier molecular flexibility index (Phi) is 30.0. The van der Waals surface area contributed by atoms with E-state index in [4.69, 9.17) is 97.4 Å². The second-order valence-corrected chi connectivity index (χ2v) is 26.6. The van der Waals surface area contributed by atoms with Gasteiger partial charge in [0.15, 0.2) is 57.6 Å². The zero-order chi connectivity index (χ0) is 79.1. The van der Waals surface area contributed by atoms with Crippen molar-refractivity contribution in [2.24, 2.45) is 0 Å². The lowest BCUT2D eigenvalue weighted by atomic mass is 9.98. The van der Waals surface area contributed by atoms with Gasteiger partial charge in [-0.2, -0.15) is 0 Å². The minimum absolute atomic E-state index is 0.0321. The van der Waals surface area contributed by atoms with Crippen molar-refractivity contribution < 1.29 is 76.1 Å². The number of benzene rings is 8. The molecule has 8 aromatic carbocycles. The Morgan fingerprint density at radius 3 is 1.24 bits per heavy atom. The average Bonchev–Trinajstić information content (AvgIpc) is 0.759. The van der Waals surface area contributed by atoms with Crippen LogP contribution in [0, 0.1) is 10.1 Å². The van der Waals surface area contributed by atoms with E-state index in [-0.39, 0.29) is 35.4 Å². The number of rotatable bonds is 24. The normalized spacial score (nSPS) is 13.0.